The Morgan fingerprint density at radius 3 is 2.73 bits per heavy atom. The van der Waals surface area contributed by atoms with Gasteiger partial charge in [-0.05, 0) is 42.2 Å². The topological polar surface area (TPSA) is 101 Å². The number of sulfonamides is 1. The number of carbonyl (C=O) groups is 1. The fourth-order valence-corrected chi connectivity index (χ4v) is 5.54. The van der Waals surface area contributed by atoms with E-state index in [4.69, 9.17) is 0 Å². The van der Waals surface area contributed by atoms with Gasteiger partial charge in [0.1, 0.15) is 17.7 Å². The number of aliphatic imine (C=N–C) groups is 1. The Morgan fingerprint density at radius 2 is 2.00 bits per heavy atom. The average molecular weight is 487 g/mol. The summed E-state index contributed by atoms with van der Waals surface area (Å²) in [7, 11) is -3.69. The molecule has 1 aliphatic rings. The van der Waals surface area contributed by atoms with Crippen LogP contribution in [-0.2, 0) is 21.2 Å². The number of halogens is 1. The lowest BCUT2D eigenvalue weighted by Gasteiger charge is -2.16. The Morgan fingerprint density at radius 1 is 1.24 bits per heavy atom. The van der Waals surface area contributed by atoms with E-state index < -0.39 is 16.1 Å². The second-order valence-corrected chi connectivity index (χ2v) is 10.9. The summed E-state index contributed by atoms with van der Waals surface area (Å²) in [5.41, 5.74) is 1.85. The van der Waals surface area contributed by atoms with Gasteiger partial charge in [-0.3, -0.25) is 14.5 Å². The molecule has 7 nitrogen and oxygen atoms in total. The van der Waals surface area contributed by atoms with Crippen molar-refractivity contribution in [1.29, 1.82) is 0 Å². The van der Waals surface area contributed by atoms with Crippen LogP contribution in [0.5, 0.6) is 0 Å². The first kappa shape index (κ1) is 23.1. The van der Waals surface area contributed by atoms with Gasteiger partial charge in [0.25, 0.3) is 15.9 Å². The minimum absolute atomic E-state index is 0.142. The molecule has 0 bridgehead atoms. The lowest BCUT2D eigenvalue weighted by atomic mass is 10.0. The van der Waals surface area contributed by atoms with Crippen molar-refractivity contribution in [2.24, 2.45) is 10.9 Å². The molecule has 1 amide bonds. The third-order valence-electron chi connectivity index (χ3n) is 5.23. The van der Waals surface area contributed by atoms with E-state index in [2.05, 4.69) is 20.0 Å². The molecule has 2 heterocycles. The Balaban J connectivity index is 1.51. The number of amidine groups is 1. The van der Waals surface area contributed by atoms with Crippen LogP contribution >= 0.6 is 11.3 Å². The summed E-state index contributed by atoms with van der Waals surface area (Å²) in [5.74, 6) is -0.678. The maximum absolute atomic E-state index is 13.8. The monoisotopic (exact) mass is 486 g/mol. The van der Waals surface area contributed by atoms with Crippen molar-refractivity contribution in [3.63, 3.8) is 0 Å². The standard InChI is InChI=1S/C23H23FN4O3S2/c1-13(2)20(26-21-17-6-4-5-7-19(17)33(30,31)28-21)22(29)27-23-25-12-16(32-23)10-15-9-8-14(3)18(24)11-15/h4-9,11-13,20H,10H2,1-3H3,(H,26,28)(H,25,27,29)/t20-/m0/s1. The van der Waals surface area contributed by atoms with Crippen LogP contribution < -0.4 is 10.0 Å². The Labute approximate surface area is 195 Å². The SMILES string of the molecule is Cc1ccc(Cc2cnc(NC(=O)[C@@H](N=C3NS(=O)(=O)c4ccccc43)C(C)C)s2)cc1F. The molecule has 0 unspecified atom stereocenters. The van der Waals surface area contributed by atoms with Crippen molar-refractivity contribution in [2.45, 2.75) is 38.1 Å². The number of anilines is 1. The lowest BCUT2D eigenvalue weighted by molar-refractivity contribution is -0.118. The predicted molar refractivity (Wildman–Crippen MR) is 127 cm³/mol. The van der Waals surface area contributed by atoms with Gasteiger partial charge < -0.3 is 5.32 Å². The van der Waals surface area contributed by atoms with Crippen molar-refractivity contribution < 1.29 is 17.6 Å². The molecule has 0 saturated heterocycles. The van der Waals surface area contributed by atoms with Crippen LogP contribution in [0, 0.1) is 18.7 Å². The quantitative estimate of drug-likeness (QED) is 0.552. The van der Waals surface area contributed by atoms with Gasteiger partial charge in [0.15, 0.2) is 5.13 Å². The second kappa shape index (κ2) is 9.03. The van der Waals surface area contributed by atoms with Crippen molar-refractivity contribution in [3.8, 4) is 0 Å². The molecule has 0 aliphatic carbocycles. The fourth-order valence-electron chi connectivity index (χ4n) is 3.45. The highest BCUT2D eigenvalue weighted by Gasteiger charge is 2.32. The smallest absolute Gasteiger partial charge is 0.263 e. The largest absolute Gasteiger partial charge is 0.300 e. The van der Waals surface area contributed by atoms with Gasteiger partial charge in [-0.15, -0.1) is 11.3 Å². The summed E-state index contributed by atoms with van der Waals surface area (Å²) < 4.78 is 40.9. The maximum atomic E-state index is 13.8. The summed E-state index contributed by atoms with van der Waals surface area (Å²) in [5, 5.41) is 3.18. The summed E-state index contributed by atoms with van der Waals surface area (Å²) in [6.45, 7) is 5.38. The normalized spacial score (nSPS) is 16.5. The van der Waals surface area contributed by atoms with Gasteiger partial charge in [0, 0.05) is 23.1 Å². The van der Waals surface area contributed by atoms with E-state index in [-0.39, 0.29) is 28.4 Å². The molecule has 0 radical (unpaired) electrons. The Hall–Kier alpha value is -3.11. The number of fused-ring (bicyclic) bond motifs is 1. The summed E-state index contributed by atoms with van der Waals surface area (Å²) in [6.07, 6.45) is 2.15. The zero-order chi connectivity index (χ0) is 23.8. The van der Waals surface area contributed by atoms with E-state index in [1.807, 2.05) is 19.9 Å². The molecule has 172 valence electrons. The number of nitrogens with one attached hydrogen (secondary N) is 2. The van der Waals surface area contributed by atoms with Crippen LogP contribution in [0.1, 0.15) is 35.4 Å². The highest BCUT2D eigenvalue weighted by molar-refractivity contribution is 7.90. The van der Waals surface area contributed by atoms with Crippen LogP contribution in [0.4, 0.5) is 9.52 Å². The van der Waals surface area contributed by atoms with Gasteiger partial charge in [0.2, 0.25) is 0 Å². The number of hydrogen-bond acceptors (Lipinski definition) is 6. The molecule has 0 spiro atoms. The lowest BCUT2D eigenvalue weighted by Crippen LogP contribution is -2.34. The summed E-state index contributed by atoms with van der Waals surface area (Å²) in [6, 6.07) is 10.8. The number of benzene rings is 2. The van der Waals surface area contributed by atoms with E-state index in [0.717, 1.165) is 10.4 Å². The number of rotatable bonds is 6. The molecule has 1 aromatic heterocycles. The first-order chi connectivity index (χ1) is 15.6. The Kier molecular flexibility index (Phi) is 6.31. The number of carbonyl (C=O) groups excluding carboxylic acids is 1. The van der Waals surface area contributed by atoms with Gasteiger partial charge in [0.05, 0.1) is 4.90 Å². The number of hydrogen-bond donors (Lipinski definition) is 2. The van der Waals surface area contributed by atoms with Crippen LogP contribution in [0.25, 0.3) is 0 Å². The van der Waals surface area contributed by atoms with Gasteiger partial charge >= 0.3 is 0 Å². The van der Waals surface area contributed by atoms with Crippen LogP contribution in [0.15, 0.2) is 58.5 Å². The van der Waals surface area contributed by atoms with Crippen LogP contribution in [0.2, 0.25) is 0 Å². The summed E-state index contributed by atoms with van der Waals surface area (Å²) >= 11 is 1.30. The zero-order valence-electron chi connectivity index (χ0n) is 18.3. The highest BCUT2D eigenvalue weighted by atomic mass is 32.2. The average Bonchev–Trinajstić information content (AvgIpc) is 3.30. The van der Waals surface area contributed by atoms with Crippen molar-refractivity contribution in [2.75, 3.05) is 5.32 Å². The third kappa shape index (κ3) is 4.96. The minimum atomic E-state index is -3.69. The first-order valence-corrected chi connectivity index (χ1v) is 12.6. The summed E-state index contributed by atoms with van der Waals surface area (Å²) in [4.78, 5) is 22.7. The molecule has 33 heavy (non-hydrogen) atoms. The number of aromatic nitrogens is 1. The van der Waals surface area contributed by atoms with E-state index >= 15 is 0 Å². The zero-order valence-corrected chi connectivity index (χ0v) is 19.9. The van der Waals surface area contributed by atoms with Crippen molar-refractivity contribution in [1.82, 2.24) is 9.71 Å². The fraction of sp³-hybridized carbons (Fsp3) is 0.261. The number of amides is 1. The maximum Gasteiger partial charge on any atom is 0.263 e. The van der Waals surface area contributed by atoms with E-state index in [9.17, 15) is 17.6 Å². The molecular weight excluding hydrogens is 463 g/mol. The molecule has 1 aliphatic heterocycles. The van der Waals surface area contributed by atoms with Crippen LogP contribution in [-0.4, -0.2) is 31.2 Å². The van der Waals surface area contributed by atoms with Crippen molar-refractivity contribution in [3.05, 3.63) is 76.0 Å². The van der Waals surface area contributed by atoms with E-state index in [1.54, 1.807) is 37.4 Å². The molecule has 0 fully saturated rings. The predicted octanol–water partition coefficient (Wildman–Crippen LogP) is 3.88. The molecule has 4 rings (SSSR count). The molecule has 2 N–H and O–H groups in total. The molecule has 0 saturated carbocycles. The molecule has 10 heteroatoms. The van der Waals surface area contributed by atoms with Gasteiger partial charge in [-0.2, -0.15) is 0 Å². The van der Waals surface area contributed by atoms with Crippen molar-refractivity contribution >= 4 is 38.2 Å². The number of thiazole rings is 1. The van der Waals surface area contributed by atoms with E-state index in [0.29, 0.717) is 22.7 Å². The van der Waals surface area contributed by atoms with Gasteiger partial charge in [-0.25, -0.2) is 17.8 Å². The molecular formula is C23H23FN4O3S2. The second-order valence-electron chi connectivity index (χ2n) is 8.15. The van der Waals surface area contributed by atoms with E-state index in [1.165, 1.54) is 23.5 Å². The number of aryl methyl sites for hydroxylation is 1. The van der Waals surface area contributed by atoms with Gasteiger partial charge in [-0.1, -0.05) is 38.1 Å². The third-order valence-corrected chi connectivity index (χ3v) is 7.54. The molecule has 1 atom stereocenters. The van der Waals surface area contributed by atoms with Crippen LogP contribution in [0.3, 0.4) is 0 Å². The number of nitrogens with zero attached hydrogens (tertiary/aromatic N) is 2. The minimum Gasteiger partial charge on any atom is -0.300 e. The Bertz CT molecular complexity index is 1350. The highest BCUT2D eigenvalue weighted by Crippen LogP contribution is 2.25. The molecule has 2 aromatic carbocycles. The molecule has 3 aromatic rings. The first-order valence-electron chi connectivity index (χ1n) is 10.3.